The predicted molar refractivity (Wildman–Crippen MR) is 92.7 cm³/mol. The fourth-order valence-corrected chi connectivity index (χ4v) is 2.01. The van der Waals surface area contributed by atoms with E-state index in [4.69, 9.17) is 10.5 Å². The second-order valence-corrected chi connectivity index (χ2v) is 5.21. The van der Waals surface area contributed by atoms with Crippen LogP contribution in [0, 0.1) is 5.41 Å². The normalized spacial score (nSPS) is 9.92. The van der Waals surface area contributed by atoms with Crippen LogP contribution in [0.5, 0.6) is 0 Å². The maximum absolute atomic E-state index is 12.0. The molecule has 2 rings (SSSR count). The zero-order valence-corrected chi connectivity index (χ0v) is 13.3. The van der Waals surface area contributed by atoms with E-state index in [2.05, 4.69) is 10.6 Å². The van der Waals surface area contributed by atoms with E-state index >= 15 is 0 Å². The van der Waals surface area contributed by atoms with Gasteiger partial charge in [0.2, 0.25) is 5.91 Å². The number of anilines is 1. The van der Waals surface area contributed by atoms with Crippen molar-refractivity contribution in [3.05, 3.63) is 65.7 Å². The summed E-state index contributed by atoms with van der Waals surface area (Å²) in [6.45, 7) is 0. The Bertz CT molecular complexity index is 786. The Morgan fingerprint density at radius 2 is 1.52 bits per heavy atom. The third-order valence-corrected chi connectivity index (χ3v) is 3.30. The van der Waals surface area contributed by atoms with Gasteiger partial charge < -0.3 is 15.7 Å². The van der Waals surface area contributed by atoms with Gasteiger partial charge in [0.25, 0.3) is 5.91 Å². The van der Waals surface area contributed by atoms with Crippen LogP contribution >= 0.6 is 0 Å². The SMILES string of the molecule is N=C(NC(=O)c1ccccc1)c1ccc(NC(=O)CCC(=O)O)cc1. The third-order valence-electron chi connectivity index (χ3n) is 3.30. The van der Waals surface area contributed by atoms with Gasteiger partial charge >= 0.3 is 5.97 Å². The van der Waals surface area contributed by atoms with E-state index in [0.29, 0.717) is 16.8 Å². The molecule has 128 valence electrons. The van der Waals surface area contributed by atoms with Crippen LogP contribution in [-0.4, -0.2) is 28.7 Å². The molecule has 2 aromatic carbocycles. The molecule has 0 unspecified atom stereocenters. The molecule has 7 nitrogen and oxygen atoms in total. The number of hydrogen-bond donors (Lipinski definition) is 4. The topological polar surface area (TPSA) is 119 Å². The molecule has 0 saturated heterocycles. The van der Waals surface area contributed by atoms with Crippen LogP contribution in [0.1, 0.15) is 28.8 Å². The largest absolute Gasteiger partial charge is 0.481 e. The Balaban J connectivity index is 1.92. The highest BCUT2D eigenvalue weighted by Crippen LogP contribution is 2.11. The molecule has 0 radical (unpaired) electrons. The Hall–Kier alpha value is -3.48. The standard InChI is InChI=1S/C18H17N3O4/c19-17(21-18(25)13-4-2-1-3-5-13)12-6-8-14(9-7-12)20-15(22)10-11-16(23)24/h1-9H,10-11H2,(H,20,22)(H,23,24)(H2,19,21,25). The number of aliphatic carboxylic acids is 1. The van der Waals surface area contributed by atoms with Crippen molar-refractivity contribution in [1.29, 1.82) is 5.41 Å². The van der Waals surface area contributed by atoms with Crippen LogP contribution < -0.4 is 10.6 Å². The van der Waals surface area contributed by atoms with Crippen molar-refractivity contribution in [3.8, 4) is 0 Å². The summed E-state index contributed by atoms with van der Waals surface area (Å²) in [6.07, 6.45) is -0.347. The van der Waals surface area contributed by atoms with E-state index in [0.717, 1.165) is 0 Å². The Kier molecular flexibility index (Phi) is 6.00. The van der Waals surface area contributed by atoms with Crippen molar-refractivity contribution in [2.24, 2.45) is 0 Å². The van der Waals surface area contributed by atoms with Crippen LogP contribution in [0.2, 0.25) is 0 Å². The molecule has 4 N–H and O–H groups in total. The maximum Gasteiger partial charge on any atom is 0.303 e. The Labute approximate surface area is 144 Å². The average Bonchev–Trinajstić information content (AvgIpc) is 2.61. The summed E-state index contributed by atoms with van der Waals surface area (Å²) in [4.78, 5) is 34.0. The van der Waals surface area contributed by atoms with E-state index in [1.807, 2.05) is 0 Å². The molecular formula is C18H17N3O4. The summed E-state index contributed by atoms with van der Waals surface area (Å²) in [5.41, 5.74) is 1.42. The molecule has 0 aliphatic heterocycles. The molecule has 0 bridgehead atoms. The molecular weight excluding hydrogens is 322 g/mol. The average molecular weight is 339 g/mol. The van der Waals surface area contributed by atoms with Crippen molar-refractivity contribution in [2.75, 3.05) is 5.32 Å². The molecule has 0 aromatic heterocycles. The van der Waals surface area contributed by atoms with Gasteiger partial charge in [0.15, 0.2) is 0 Å². The fourth-order valence-electron chi connectivity index (χ4n) is 2.01. The van der Waals surface area contributed by atoms with E-state index in [1.54, 1.807) is 54.6 Å². The molecule has 2 aromatic rings. The number of carbonyl (C=O) groups is 3. The lowest BCUT2D eigenvalue weighted by molar-refractivity contribution is -0.138. The number of rotatable bonds is 6. The summed E-state index contributed by atoms with van der Waals surface area (Å²) < 4.78 is 0. The van der Waals surface area contributed by atoms with Crippen molar-refractivity contribution >= 4 is 29.3 Å². The van der Waals surface area contributed by atoms with E-state index in [1.165, 1.54) is 0 Å². The molecule has 0 aliphatic rings. The van der Waals surface area contributed by atoms with Gasteiger partial charge in [0.05, 0.1) is 6.42 Å². The van der Waals surface area contributed by atoms with Gasteiger partial charge in [-0.2, -0.15) is 0 Å². The van der Waals surface area contributed by atoms with Crippen LogP contribution in [0.25, 0.3) is 0 Å². The number of nitrogens with one attached hydrogen (secondary N) is 3. The van der Waals surface area contributed by atoms with E-state index < -0.39 is 11.9 Å². The highest BCUT2D eigenvalue weighted by atomic mass is 16.4. The third kappa shape index (κ3) is 5.58. The van der Waals surface area contributed by atoms with Crippen LogP contribution in [0.15, 0.2) is 54.6 Å². The van der Waals surface area contributed by atoms with Crippen LogP contribution in [0.3, 0.4) is 0 Å². The number of hydrogen-bond acceptors (Lipinski definition) is 4. The minimum absolute atomic E-state index is 0.0578. The second-order valence-electron chi connectivity index (χ2n) is 5.21. The van der Waals surface area contributed by atoms with Gasteiger partial charge in [-0.05, 0) is 36.4 Å². The van der Waals surface area contributed by atoms with Gasteiger partial charge in [-0.3, -0.25) is 19.8 Å². The summed E-state index contributed by atoms with van der Waals surface area (Å²) >= 11 is 0. The minimum atomic E-state index is -1.03. The summed E-state index contributed by atoms with van der Waals surface area (Å²) in [5.74, 6) is -1.87. The van der Waals surface area contributed by atoms with Gasteiger partial charge in [0, 0.05) is 23.2 Å². The van der Waals surface area contributed by atoms with Gasteiger partial charge in [-0.1, -0.05) is 18.2 Å². The lowest BCUT2D eigenvalue weighted by Gasteiger charge is -2.09. The van der Waals surface area contributed by atoms with Crippen molar-refractivity contribution in [2.45, 2.75) is 12.8 Å². The summed E-state index contributed by atoms with van der Waals surface area (Å²) in [5, 5.41) is 21.6. The van der Waals surface area contributed by atoms with Crippen molar-refractivity contribution in [3.63, 3.8) is 0 Å². The predicted octanol–water partition coefficient (Wildman–Crippen LogP) is 2.25. The summed E-state index contributed by atoms with van der Waals surface area (Å²) in [7, 11) is 0. The Morgan fingerprint density at radius 3 is 2.12 bits per heavy atom. The monoisotopic (exact) mass is 339 g/mol. The van der Waals surface area contributed by atoms with Crippen molar-refractivity contribution < 1.29 is 19.5 Å². The molecule has 0 heterocycles. The smallest absolute Gasteiger partial charge is 0.303 e. The second kappa shape index (κ2) is 8.39. The first-order chi connectivity index (χ1) is 12.0. The quantitative estimate of drug-likeness (QED) is 0.476. The first-order valence-corrected chi connectivity index (χ1v) is 7.53. The fraction of sp³-hybridized carbons (Fsp3) is 0.111. The lowest BCUT2D eigenvalue weighted by atomic mass is 10.1. The first-order valence-electron chi connectivity index (χ1n) is 7.53. The number of benzene rings is 2. The van der Waals surface area contributed by atoms with Crippen molar-refractivity contribution in [1.82, 2.24) is 5.32 Å². The maximum atomic E-state index is 12.0. The van der Waals surface area contributed by atoms with Gasteiger partial charge in [-0.15, -0.1) is 0 Å². The zero-order chi connectivity index (χ0) is 18.2. The van der Waals surface area contributed by atoms with Gasteiger partial charge in [-0.25, -0.2) is 0 Å². The number of carboxylic acids is 1. The van der Waals surface area contributed by atoms with E-state index in [-0.39, 0.29) is 24.6 Å². The number of carboxylic acid groups (broad SMARTS) is 1. The van der Waals surface area contributed by atoms with Crippen LogP contribution in [-0.2, 0) is 9.59 Å². The van der Waals surface area contributed by atoms with E-state index in [9.17, 15) is 14.4 Å². The zero-order valence-electron chi connectivity index (χ0n) is 13.3. The molecule has 0 spiro atoms. The number of amidine groups is 1. The Morgan fingerprint density at radius 1 is 0.880 bits per heavy atom. The highest BCUT2D eigenvalue weighted by Gasteiger charge is 2.10. The van der Waals surface area contributed by atoms with Crippen LogP contribution in [0.4, 0.5) is 5.69 Å². The molecule has 25 heavy (non-hydrogen) atoms. The molecule has 7 heteroatoms. The highest BCUT2D eigenvalue weighted by molar-refractivity contribution is 6.11. The lowest BCUT2D eigenvalue weighted by Crippen LogP contribution is -2.30. The molecule has 0 aliphatic carbocycles. The molecule has 0 atom stereocenters. The molecule has 2 amide bonds. The number of carbonyl (C=O) groups excluding carboxylic acids is 2. The molecule has 0 saturated carbocycles. The summed E-state index contributed by atoms with van der Waals surface area (Å²) in [6, 6.07) is 14.9. The number of amides is 2. The first kappa shape index (κ1) is 17.9. The minimum Gasteiger partial charge on any atom is -0.481 e. The molecule has 0 fully saturated rings. The van der Waals surface area contributed by atoms with Gasteiger partial charge in [0.1, 0.15) is 5.84 Å².